The molecule has 2 saturated heterocycles. The summed E-state index contributed by atoms with van der Waals surface area (Å²) in [6.07, 6.45) is 3.02. The van der Waals surface area contributed by atoms with E-state index in [0.29, 0.717) is 62.0 Å². The molecular formula is C40H53N5O8S. The van der Waals surface area contributed by atoms with Crippen molar-refractivity contribution in [2.24, 2.45) is 5.41 Å². The molecule has 0 spiro atoms. The van der Waals surface area contributed by atoms with Gasteiger partial charge in [0.05, 0.1) is 45.2 Å². The number of ether oxygens (including phenoxy) is 4. The summed E-state index contributed by atoms with van der Waals surface area (Å²) >= 11 is 0. The van der Waals surface area contributed by atoms with Crippen LogP contribution >= 0.6 is 0 Å². The average molecular weight is 764 g/mol. The number of nitrogens with zero attached hydrogens (tertiary/aromatic N) is 4. The molecule has 3 heterocycles. The maximum atomic E-state index is 14.1. The predicted molar refractivity (Wildman–Crippen MR) is 207 cm³/mol. The van der Waals surface area contributed by atoms with Crippen molar-refractivity contribution in [2.45, 2.75) is 64.4 Å². The molecule has 3 aromatic carbocycles. The van der Waals surface area contributed by atoms with Gasteiger partial charge in [0.2, 0.25) is 17.6 Å². The van der Waals surface area contributed by atoms with Crippen LogP contribution in [-0.4, -0.2) is 106 Å². The first-order valence-corrected chi connectivity index (χ1v) is 20.4. The number of hydrogen-bond acceptors (Lipinski definition) is 11. The van der Waals surface area contributed by atoms with Crippen LogP contribution in [0.15, 0.2) is 66.7 Å². The van der Waals surface area contributed by atoms with Crippen molar-refractivity contribution < 1.29 is 36.3 Å². The maximum Gasteiger partial charge on any atom is 0.266 e. The van der Waals surface area contributed by atoms with Gasteiger partial charge in [0.15, 0.2) is 17.7 Å². The fourth-order valence-corrected chi connectivity index (χ4v) is 8.53. The smallest absolute Gasteiger partial charge is 0.266 e. The third kappa shape index (κ3) is 9.11. The van der Waals surface area contributed by atoms with Gasteiger partial charge in [0, 0.05) is 50.7 Å². The number of carbonyl (C=O) groups is 1. The van der Waals surface area contributed by atoms with E-state index in [4.69, 9.17) is 28.1 Å². The highest BCUT2D eigenvalue weighted by molar-refractivity contribution is 7.86. The molecule has 54 heavy (non-hydrogen) atoms. The zero-order valence-corrected chi connectivity index (χ0v) is 32.8. The number of para-hydroxylation sites is 2. The van der Waals surface area contributed by atoms with Gasteiger partial charge >= 0.3 is 0 Å². The normalized spacial score (nSPS) is 19.8. The van der Waals surface area contributed by atoms with E-state index < -0.39 is 21.8 Å². The number of nitrogens with one attached hydrogen (secondary N) is 1. The summed E-state index contributed by atoms with van der Waals surface area (Å²) in [4.78, 5) is 23.0. The molecule has 2 aliphatic rings. The van der Waals surface area contributed by atoms with Crippen molar-refractivity contribution in [3.63, 3.8) is 0 Å². The van der Waals surface area contributed by atoms with E-state index in [9.17, 15) is 13.2 Å². The summed E-state index contributed by atoms with van der Waals surface area (Å²) in [6, 6.07) is 21.9. The van der Waals surface area contributed by atoms with Crippen LogP contribution in [0.2, 0.25) is 0 Å². The van der Waals surface area contributed by atoms with Crippen molar-refractivity contribution in [3.8, 4) is 17.2 Å². The Hall–Kier alpha value is -4.37. The Morgan fingerprint density at radius 3 is 2.24 bits per heavy atom. The van der Waals surface area contributed by atoms with Gasteiger partial charge in [-0.3, -0.25) is 4.79 Å². The Balaban J connectivity index is 1.21. The van der Waals surface area contributed by atoms with E-state index >= 15 is 0 Å². The summed E-state index contributed by atoms with van der Waals surface area (Å²) in [5.41, 5.74) is 2.92. The number of fused-ring (bicyclic) bond motifs is 1. The molecule has 4 aromatic rings. The molecule has 0 bridgehead atoms. The molecule has 2 fully saturated rings. The van der Waals surface area contributed by atoms with Crippen LogP contribution in [0.4, 0.5) is 5.95 Å². The minimum Gasteiger partial charge on any atom is -0.493 e. The van der Waals surface area contributed by atoms with E-state index in [1.54, 1.807) is 17.0 Å². The molecule has 2 unspecified atom stereocenters. The highest BCUT2D eigenvalue weighted by atomic mass is 32.2. The van der Waals surface area contributed by atoms with Gasteiger partial charge < -0.3 is 38.6 Å². The molecule has 1 aromatic heterocycles. The number of piperidine rings is 1. The van der Waals surface area contributed by atoms with Crippen LogP contribution in [0.25, 0.3) is 11.0 Å². The number of imidazole rings is 1. The number of benzene rings is 3. The molecule has 292 valence electrons. The number of aromatic nitrogens is 2. The van der Waals surface area contributed by atoms with E-state index in [2.05, 4.69) is 20.9 Å². The summed E-state index contributed by atoms with van der Waals surface area (Å²) < 4.78 is 56.3. The monoisotopic (exact) mass is 763 g/mol. The topological polar surface area (TPSA) is 134 Å². The first kappa shape index (κ1) is 39.3. The lowest BCUT2D eigenvalue weighted by Gasteiger charge is -2.39. The van der Waals surface area contributed by atoms with Gasteiger partial charge in [-0.05, 0) is 74.5 Å². The third-order valence-electron chi connectivity index (χ3n) is 10.5. The lowest BCUT2D eigenvalue weighted by atomic mass is 9.76. The number of amides is 1. The first-order valence-electron chi connectivity index (χ1n) is 18.6. The molecule has 2 aliphatic heterocycles. The highest BCUT2D eigenvalue weighted by Gasteiger charge is 2.54. The third-order valence-corrected chi connectivity index (χ3v) is 11.1. The van der Waals surface area contributed by atoms with Gasteiger partial charge in [0.25, 0.3) is 10.1 Å². The van der Waals surface area contributed by atoms with Gasteiger partial charge in [-0.2, -0.15) is 8.42 Å². The number of anilines is 1. The Morgan fingerprint density at radius 1 is 0.907 bits per heavy atom. The Bertz CT molecular complexity index is 1960. The molecule has 0 aliphatic carbocycles. The van der Waals surface area contributed by atoms with Gasteiger partial charge in [0.1, 0.15) is 0 Å². The van der Waals surface area contributed by atoms with Crippen molar-refractivity contribution in [2.75, 3.05) is 65.7 Å². The summed E-state index contributed by atoms with van der Waals surface area (Å²) in [7, 11) is 0.629. The Labute approximate surface area is 318 Å². The molecule has 0 radical (unpaired) electrons. The van der Waals surface area contributed by atoms with Crippen LogP contribution in [0.5, 0.6) is 17.2 Å². The van der Waals surface area contributed by atoms with Crippen molar-refractivity contribution in [3.05, 3.63) is 77.9 Å². The maximum absolute atomic E-state index is 14.1. The van der Waals surface area contributed by atoms with Crippen LogP contribution in [-0.2, 0) is 43.3 Å². The number of hydrogen-bond donors (Lipinski definition) is 1. The Kier molecular flexibility index (Phi) is 12.7. The fourth-order valence-electron chi connectivity index (χ4n) is 7.89. The number of likely N-dealkylation sites (tertiary alicyclic amines) is 2. The van der Waals surface area contributed by atoms with Crippen molar-refractivity contribution in [1.29, 1.82) is 0 Å². The summed E-state index contributed by atoms with van der Waals surface area (Å²) in [5, 5.41) is 3.72. The van der Waals surface area contributed by atoms with E-state index in [1.807, 2.05) is 55.5 Å². The lowest BCUT2D eigenvalue weighted by Crippen LogP contribution is -2.47. The predicted octanol–water partition coefficient (Wildman–Crippen LogP) is 5.33. The van der Waals surface area contributed by atoms with Crippen LogP contribution in [0.3, 0.4) is 0 Å². The average Bonchev–Trinajstić information content (AvgIpc) is 3.63. The quantitative estimate of drug-likeness (QED) is 0.104. The first-order chi connectivity index (χ1) is 26.1. The second-order valence-corrected chi connectivity index (χ2v) is 15.8. The highest BCUT2D eigenvalue weighted by Crippen LogP contribution is 2.47. The lowest BCUT2D eigenvalue weighted by molar-refractivity contribution is -0.133. The minimum atomic E-state index is -3.96. The summed E-state index contributed by atoms with van der Waals surface area (Å²) in [6.45, 7) is 6.46. The second kappa shape index (κ2) is 17.4. The number of carbonyl (C=O) groups excluding carboxylic acids is 1. The molecule has 14 heteroatoms. The van der Waals surface area contributed by atoms with Crippen LogP contribution in [0, 0.1) is 5.41 Å². The fraction of sp³-hybridized carbons (Fsp3) is 0.500. The van der Waals surface area contributed by atoms with Crippen LogP contribution in [0.1, 0.15) is 43.7 Å². The van der Waals surface area contributed by atoms with Crippen molar-refractivity contribution in [1.82, 2.24) is 19.4 Å². The summed E-state index contributed by atoms with van der Waals surface area (Å²) in [5.74, 6) is 1.99. The molecule has 13 nitrogen and oxygen atoms in total. The Morgan fingerprint density at radius 2 is 1.59 bits per heavy atom. The number of methoxy groups -OCH3 is 3. The van der Waals surface area contributed by atoms with Gasteiger partial charge in [-0.15, -0.1) is 0 Å². The second-order valence-electron chi connectivity index (χ2n) is 14.2. The van der Waals surface area contributed by atoms with E-state index in [0.717, 1.165) is 54.7 Å². The molecule has 1 amide bonds. The molecule has 2 atom stereocenters. The zero-order valence-electron chi connectivity index (χ0n) is 32.0. The van der Waals surface area contributed by atoms with Gasteiger partial charge in [-0.1, -0.05) is 42.5 Å². The molecule has 1 N–H and O–H groups in total. The molecule has 0 saturated carbocycles. The van der Waals surface area contributed by atoms with Gasteiger partial charge in [-0.25, -0.2) is 9.17 Å². The largest absolute Gasteiger partial charge is 0.493 e. The molecular weight excluding hydrogens is 711 g/mol. The van der Waals surface area contributed by atoms with E-state index in [-0.39, 0.29) is 24.9 Å². The van der Waals surface area contributed by atoms with E-state index in [1.165, 1.54) is 21.3 Å². The zero-order chi connectivity index (χ0) is 38.3. The standard InChI is InChI=1S/C40H53N5O8S/c1-6-52-23-22-44-33-15-11-10-14-32(33)42-39(44)41-31-16-19-43(20-17-31)21-18-40(26-29-12-8-7-9-13-29)27-36(46)45(38(40)53-54(5,47)48)28-30-24-34(49-2)37(51-4)35(25-30)50-3/h7-15,24-25,31,38H,6,16-23,26-28H2,1-5H3,(H,41,42). The van der Waals surface area contributed by atoms with Crippen LogP contribution < -0.4 is 19.5 Å². The minimum absolute atomic E-state index is 0.0959. The number of rotatable bonds is 18. The SMILES string of the molecule is CCOCCn1c(NC2CCN(CCC3(Cc4ccccc4)CC(=O)N(Cc4cc(OC)c(OC)c(OC)c4)C3OS(C)(=O)=O)CC2)nc2ccccc21. The van der Waals surface area contributed by atoms with Crippen molar-refractivity contribution >= 4 is 33.0 Å². The molecule has 6 rings (SSSR count).